The fraction of sp³-hybridized carbons (Fsp3) is 0.545. The molecule has 1 aromatic heterocycles. The molecule has 76 valence electrons. The number of rotatable bonds is 2. The number of nitrogens with zero attached hydrogens (tertiary/aromatic N) is 1. The van der Waals surface area contributed by atoms with Gasteiger partial charge in [-0.15, -0.1) is 11.8 Å². The van der Waals surface area contributed by atoms with Crippen molar-refractivity contribution >= 4 is 17.4 Å². The number of nitrogens with two attached hydrogens (primary N) is 1. The van der Waals surface area contributed by atoms with E-state index in [1.54, 1.807) is 6.20 Å². The first-order chi connectivity index (χ1) is 6.84. The van der Waals surface area contributed by atoms with Gasteiger partial charge in [0, 0.05) is 17.1 Å². The molecule has 1 heterocycles. The Morgan fingerprint density at radius 3 is 2.79 bits per heavy atom. The molecule has 1 saturated carbocycles. The second-order valence-electron chi connectivity index (χ2n) is 3.81. The lowest BCUT2D eigenvalue weighted by molar-refractivity contribution is 0.516. The molecule has 0 saturated heterocycles. The molecule has 14 heavy (non-hydrogen) atoms. The van der Waals surface area contributed by atoms with Gasteiger partial charge in [-0.05, 0) is 25.0 Å². The molecule has 0 aliphatic heterocycles. The molecule has 3 heteroatoms. The average Bonchev–Trinajstić information content (AvgIpc) is 2.19. The summed E-state index contributed by atoms with van der Waals surface area (Å²) in [6.45, 7) is 0. The molecule has 0 radical (unpaired) electrons. The molecule has 2 rings (SSSR count). The van der Waals surface area contributed by atoms with Crippen molar-refractivity contribution in [3.05, 3.63) is 18.3 Å². The molecule has 1 aromatic rings. The summed E-state index contributed by atoms with van der Waals surface area (Å²) in [4.78, 5) is 4.32. The molecular weight excluding hydrogens is 192 g/mol. The van der Waals surface area contributed by atoms with Crippen LogP contribution in [0.2, 0.25) is 0 Å². The number of hydrogen-bond donors (Lipinski definition) is 1. The van der Waals surface area contributed by atoms with Crippen molar-refractivity contribution < 1.29 is 0 Å². The molecule has 0 aromatic carbocycles. The Kier molecular flexibility index (Phi) is 3.30. The number of aromatic nitrogens is 1. The molecule has 2 nitrogen and oxygen atoms in total. The maximum absolute atomic E-state index is 5.71. The van der Waals surface area contributed by atoms with E-state index in [9.17, 15) is 0 Å². The van der Waals surface area contributed by atoms with Gasteiger partial charge >= 0.3 is 0 Å². The smallest absolute Gasteiger partial charge is 0.0983 e. The first kappa shape index (κ1) is 9.84. The fourth-order valence-corrected chi connectivity index (χ4v) is 3.08. The predicted octanol–water partition coefficient (Wildman–Crippen LogP) is 3.09. The van der Waals surface area contributed by atoms with Crippen LogP contribution < -0.4 is 5.73 Å². The lowest BCUT2D eigenvalue weighted by atomic mass is 10.0. The third-order valence-corrected chi connectivity index (χ3v) is 3.87. The first-order valence-electron chi connectivity index (χ1n) is 5.23. The number of anilines is 1. The van der Waals surface area contributed by atoms with E-state index in [0.29, 0.717) is 0 Å². The maximum Gasteiger partial charge on any atom is 0.0983 e. The average molecular weight is 208 g/mol. The summed E-state index contributed by atoms with van der Waals surface area (Å²) in [6, 6.07) is 3.81. The standard InChI is InChI=1S/C11H16N2S/c12-9-6-7-13-11(8-9)14-10-4-2-1-3-5-10/h6-8,10H,1-5H2,(H2,12,13). The Balaban J connectivity index is 1.95. The zero-order chi connectivity index (χ0) is 9.80. The minimum absolute atomic E-state index is 0.762. The molecule has 2 N–H and O–H groups in total. The van der Waals surface area contributed by atoms with Crippen molar-refractivity contribution in [3.8, 4) is 0 Å². The molecule has 0 amide bonds. The van der Waals surface area contributed by atoms with E-state index in [2.05, 4.69) is 4.98 Å². The van der Waals surface area contributed by atoms with Crippen molar-refractivity contribution in [1.29, 1.82) is 0 Å². The van der Waals surface area contributed by atoms with E-state index in [-0.39, 0.29) is 0 Å². The van der Waals surface area contributed by atoms with Crippen LogP contribution in [0, 0.1) is 0 Å². The minimum atomic E-state index is 0.762. The van der Waals surface area contributed by atoms with Gasteiger partial charge in [-0.25, -0.2) is 4.98 Å². The van der Waals surface area contributed by atoms with Crippen LogP contribution >= 0.6 is 11.8 Å². The Morgan fingerprint density at radius 2 is 2.07 bits per heavy atom. The van der Waals surface area contributed by atoms with Gasteiger partial charge in [-0.1, -0.05) is 19.3 Å². The zero-order valence-electron chi connectivity index (χ0n) is 8.28. The van der Waals surface area contributed by atoms with Crippen LogP contribution in [0.4, 0.5) is 5.69 Å². The summed E-state index contributed by atoms with van der Waals surface area (Å²) < 4.78 is 0. The molecule has 1 aliphatic rings. The van der Waals surface area contributed by atoms with E-state index in [1.807, 2.05) is 23.9 Å². The second-order valence-corrected chi connectivity index (χ2v) is 5.13. The van der Waals surface area contributed by atoms with E-state index in [4.69, 9.17) is 5.73 Å². The Bertz CT molecular complexity index is 295. The summed E-state index contributed by atoms with van der Waals surface area (Å²) >= 11 is 1.89. The third-order valence-electron chi connectivity index (χ3n) is 2.60. The van der Waals surface area contributed by atoms with Gasteiger partial charge in [0.2, 0.25) is 0 Å². The normalized spacial score (nSPS) is 18.3. The van der Waals surface area contributed by atoms with Gasteiger partial charge in [0.15, 0.2) is 0 Å². The predicted molar refractivity (Wildman–Crippen MR) is 61.4 cm³/mol. The molecule has 0 bridgehead atoms. The molecule has 0 unspecified atom stereocenters. The van der Waals surface area contributed by atoms with E-state index < -0.39 is 0 Å². The monoisotopic (exact) mass is 208 g/mol. The minimum Gasteiger partial charge on any atom is -0.399 e. The van der Waals surface area contributed by atoms with Crippen LogP contribution in [0.25, 0.3) is 0 Å². The summed E-state index contributed by atoms with van der Waals surface area (Å²) in [5.41, 5.74) is 6.53. The largest absolute Gasteiger partial charge is 0.399 e. The van der Waals surface area contributed by atoms with Crippen molar-refractivity contribution in [2.75, 3.05) is 5.73 Å². The third kappa shape index (κ3) is 2.64. The Hall–Kier alpha value is -0.700. The van der Waals surface area contributed by atoms with Gasteiger partial charge < -0.3 is 5.73 Å². The lowest BCUT2D eigenvalue weighted by Gasteiger charge is -2.20. The van der Waals surface area contributed by atoms with Crippen LogP contribution in [0.15, 0.2) is 23.4 Å². The van der Waals surface area contributed by atoms with E-state index >= 15 is 0 Å². The number of thioether (sulfide) groups is 1. The highest BCUT2D eigenvalue weighted by atomic mass is 32.2. The summed E-state index contributed by atoms with van der Waals surface area (Å²) in [5.74, 6) is 0. The van der Waals surface area contributed by atoms with Crippen molar-refractivity contribution in [3.63, 3.8) is 0 Å². The molecule has 1 fully saturated rings. The Morgan fingerprint density at radius 1 is 1.29 bits per heavy atom. The molecular formula is C11H16N2S. The lowest BCUT2D eigenvalue weighted by Crippen LogP contribution is -2.08. The molecule has 0 spiro atoms. The topological polar surface area (TPSA) is 38.9 Å². The van der Waals surface area contributed by atoms with E-state index in [0.717, 1.165) is 16.0 Å². The fourth-order valence-electron chi connectivity index (χ4n) is 1.84. The number of pyridine rings is 1. The number of hydrogen-bond acceptors (Lipinski definition) is 3. The SMILES string of the molecule is Nc1ccnc(SC2CCCCC2)c1. The van der Waals surface area contributed by atoms with Crippen molar-refractivity contribution in [2.45, 2.75) is 42.4 Å². The van der Waals surface area contributed by atoms with Crippen LogP contribution in [-0.2, 0) is 0 Å². The maximum atomic E-state index is 5.71. The second kappa shape index (κ2) is 4.69. The van der Waals surface area contributed by atoms with Crippen LogP contribution in [0.5, 0.6) is 0 Å². The highest BCUT2D eigenvalue weighted by Gasteiger charge is 2.14. The van der Waals surface area contributed by atoms with Crippen molar-refractivity contribution in [1.82, 2.24) is 4.98 Å². The highest BCUT2D eigenvalue weighted by molar-refractivity contribution is 7.99. The zero-order valence-corrected chi connectivity index (χ0v) is 9.09. The van der Waals surface area contributed by atoms with Gasteiger partial charge in [0.05, 0.1) is 5.03 Å². The number of nitrogen functional groups attached to an aromatic ring is 1. The van der Waals surface area contributed by atoms with Crippen LogP contribution in [0.3, 0.4) is 0 Å². The molecule has 0 atom stereocenters. The summed E-state index contributed by atoms with van der Waals surface area (Å²) in [7, 11) is 0. The first-order valence-corrected chi connectivity index (χ1v) is 6.11. The highest BCUT2D eigenvalue weighted by Crippen LogP contribution is 2.32. The summed E-state index contributed by atoms with van der Waals surface area (Å²) in [6.07, 6.45) is 8.62. The van der Waals surface area contributed by atoms with Gasteiger partial charge in [0.25, 0.3) is 0 Å². The quantitative estimate of drug-likeness (QED) is 0.811. The molecule has 1 aliphatic carbocycles. The van der Waals surface area contributed by atoms with Crippen LogP contribution in [-0.4, -0.2) is 10.2 Å². The van der Waals surface area contributed by atoms with Gasteiger partial charge in [-0.2, -0.15) is 0 Å². The van der Waals surface area contributed by atoms with E-state index in [1.165, 1.54) is 32.1 Å². The Labute approximate surface area is 89.3 Å². The van der Waals surface area contributed by atoms with Gasteiger partial charge in [0.1, 0.15) is 0 Å². The van der Waals surface area contributed by atoms with Gasteiger partial charge in [-0.3, -0.25) is 0 Å². The van der Waals surface area contributed by atoms with Crippen LogP contribution in [0.1, 0.15) is 32.1 Å². The van der Waals surface area contributed by atoms with Crippen molar-refractivity contribution in [2.24, 2.45) is 0 Å². The summed E-state index contributed by atoms with van der Waals surface area (Å²) in [5, 5.41) is 1.84.